The summed E-state index contributed by atoms with van der Waals surface area (Å²) < 4.78 is 10.5. The fraction of sp³-hybridized carbons (Fsp3) is 0.188. The van der Waals surface area contributed by atoms with E-state index in [1.807, 2.05) is 6.92 Å². The summed E-state index contributed by atoms with van der Waals surface area (Å²) in [5, 5.41) is 3.64. The topological polar surface area (TPSA) is 47.6 Å². The molecule has 2 rings (SSSR count). The maximum atomic E-state index is 12.4. The zero-order valence-electron chi connectivity index (χ0n) is 12.4. The van der Waals surface area contributed by atoms with Crippen molar-refractivity contribution >= 4 is 34.8 Å². The summed E-state index contributed by atoms with van der Waals surface area (Å²) in [5.41, 5.74) is 1.75. The molecular weight excluding hydrogens is 325 g/mol. The Hall–Kier alpha value is -1.91. The van der Waals surface area contributed by atoms with Gasteiger partial charge in [-0.25, -0.2) is 0 Å². The predicted octanol–water partition coefficient (Wildman–Crippen LogP) is 4.57. The van der Waals surface area contributed by atoms with Gasteiger partial charge in [-0.2, -0.15) is 0 Å². The zero-order chi connectivity index (χ0) is 16.3. The molecule has 0 radical (unpaired) electrons. The minimum atomic E-state index is -0.310. The Balaban J connectivity index is 2.33. The van der Waals surface area contributed by atoms with Crippen LogP contribution < -0.4 is 14.8 Å². The van der Waals surface area contributed by atoms with Crippen LogP contribution in [-0.2, 0) is 0 Å². The molecule has 2 aromatic carbocycles. The number of ether oxygens (including phenoxy) is 2. The molecule has 0 atom stereocenters. The minimum Gasteiger partial charge on any atom is -0.496 e. The lowest BCUT2D eigenvalue weighted by Crippen LogP contribution is -2.12. The molecule has 0 unspecified atom stereocenters. The van der Waals surface area contributed by atoms with Gasteiger partial charge >= 0.3 is 0 Å². The summed E-state index contributed by atoms with van der Waals surface area (Å²) in [6, 6.07) is 8.14. The van der Waals surface area contributed by atoms with E-state index in [9.17, 15) is 4.79 Å². The van der Waals surface area contributed by atoms with E-state index in [4.69, 9.17) is 32.7 Å². The summed E-state index contributed by atoms with van der Waals surface area (Å²) in [5.74, 6) is 0.845. The van der Waals surface area contributed by atoms with Crippen LogP contribution >= 0.6 is 23.2 Å². The van der Waals surface area contributed by atoms with E-state index in [2.05, 4.69) is 5.32 Å². The SMILES string of the molecule is COc1cc(C(=O)Nc2cc(Cl)cc(Cl)c2)cc(OC)c1C. The monoisotopic (exact) mass is 339 g/mol. The molecule has 1 amide bonds. The van der Waals surface area contributed by atoms with Crippen LogP contribution in [0.4, 0.5) is 5.69 Å². The molecular formula is C16H15Cl2NO3. The van der Waals surface area contributed by atoms with Crippen LogP contribution in [0.5, 0.6) is 11.5 Å². The Morgan fingerprint density at radius 1 is 0.955 bits per heavy atom. The molecule has 4 nitrogen and oxygen atoms in total. The largest absolute Gasteiger partial charge is 0.496 e. The molecule has 0 saturated carbocycles. The van der Waals surface area contributed by atoms with Crippen molar-refractivity contribution in [3.8, 4) is 11.5 Å². The zero-order valence-corrected chi connectivity index (χ0v) is 13.9. The summed E-state index contributed by atoms with van der Waals surface area (Å²) in [4.78, 5) is 12.4. The Morgan fingerprint density at radius 2 is 1.45 bits per heavy atom. The first kappa shape index (κ1) is 16.5. The van der Waals surface area contributed by atoms with Crippen molar-refractivity contribution in [2.75, 3.05) is 19.5 Å². The van der Waals surface area contributed by atoms with Crippen molar-refractivity contribution in [1.29, 1.82) is 0 Å². The van der Waals surface area contributed by atoms with Crippen LogP contribution in [0, 0.1) is 6.92 Å². The number of benzene rings is 2. The molecule has 0 aromatic heterocycles. The van der Waals surface area contributed by atoms with Crippen molar-refractivity contribution in [3.05, 3.63) is 51.5 Å². The van der Waals surface area contributed by atoms with E-state index in [0.717, 1.165) is 5.56 Å². The number of carbonyl (C=O) groups excluding carboxylic acids is 1. The third kappa shape index (κ3) is 3.64. The number of nitrogens with one attached hydrogen (secondary N) is 1. The number of hydrogen-bond donors (Lipinski definition) is 1. The highest BCUT2D eigenvalue weighted by Gasteiger charge is 2.14. The normalized spacial score (nSPS) is 10.2. The third-order valence-corrected chi connectivity index (χ3v) is 3.57. The number of methoxy groups -OCH3 is 2. The predicted molar refractivity (Wildman–Crippen MR) is 88.7 cm³/mol. The lowest BCUT2D eigenvalue weighted by atomic mass is 10.1. The van der Waals surface area contributed by atoms with Gasteiger partial charge in [0, 0.05) is 26.9 Å². The summed E-state index contributed by atoms with van der Waals surface area (Å²) in [7, 11) is 3.08. The minimum absolute atomic E-state index is 0.310. The molecule has 0 aliphatic rings. The average Bonchev–Trinajstić information content (AvgIpc) is 2.46. The Kier molecular flexibility index (Phi) is 5.16. The van der Waals surface area contributed by atoms with Crippen molar-refractivity contribution in [1.82, 2.24) is 0 Å². The maximum Gasteiger partial charge on any atom is 0.255 e. The van der Waals surface area contributed by atoms with Crippen molar-refractivity contribution in [3.63, 3.8) is 0 Å². The van der Waals surface area contributed by atoms with Crippen LogP contribution in [0.25, 0.3) is 0 Å². The molecule has 0 fully saturated rings. The van der Waals surface area contributed by atoms with Gasteiger partial charge < -0.3 is 14.8 Å². The lowest BCUT2D eigenvalue weighted by molar-refractivity contribution is 0.102. The number of anilines is 1. The number of amides is 1. The van der Waals surface area contributed by atoms with E-state index < -0.39 is 0 Å². The van der Waals surface area contributed by atoms with Gasteiger partial charge in [0.25, 0.3) is 5.91 Å². The number of hydrogen-bond acceptors (Lipinski definition) is 3. The first-order valence-corrected chi connectivity index (χ1v) is 7.20. The Bertz CT molecular complexity index is 671. The van der Waals surface area contributed by atoms with Crippen LogP contribution in [0.1, 0.15) is 15.9 Å². The highest BCUT2D eigenvalue weighted by atomic mass is 35.5. The van der Waals surface area contributed by atoms with Crippen molar-refractivity contribution in [2.24, 2.45) is 0 Å². The summed E-state index contributed by atoms with van der Waals surface area (Å²) in [6.07, 6.45) is 0. The van der Waals surface area contributed by atoms with E-state index in [1.165, 1.54) is 0 Å². The van der Waals surface area contributed by atoms with Crippen LogP contribution in [-0.4, -0.2) is 20.1 Å². The molecule has 0 bridgehead atoms. The van der Waals surface area contributed by atoms with Gasteiger partial charge in [-0.3, -0.25) is 4.79 Å². The highest BCUT2D eigenvalue weighted by Crippen LogP contribution is 2.30. The van der Waals surface area contributed by atoms with Gasteiger partial charge in [-0.05, 0) is 37.3 Å². The second-order valence-corrected chi connectivity index (χ2v) is 5.49. The van der Waals surface area contributed by atoms with Crippen LogP contribution in [0.3, 0.4) is 0 Å². The molecule has 0 saturated heterocycles. The van der Waals surface area contributed by atoms with Gasteiger partial charge in [0.15, 0.2) is 0 Å². The molecule has 116 valence electrons. The number of halogens is 2. The molecule has 0 spiro atoms. The first-order valence-electron chi connectivity index (χ1n) is 6.44. The van der Waals surface area contributed by atoms with E-state index in [-0.39, 0.29) is 5.91 Å². The molecule has 0 aliphatic heterocycles. The highest BCUT2D eigenvalue weighted by molar-refractivity contribution is 6.35. The summed E-state index contributed by atoms with van der Waals surface area (Å²) in [6.45, 7) is 1.86. The molecule has 1 N–H and O–H groups in total. The average molecular weight is 340 g/mol. The van der Waals surface area contributed by atoms with Gasteiger partial charge in [-0.1, -0.05) is 23.2 Å². The van der Waals surface area contributed by atoms with Gasteiger partial charge in [0.05, 0.1) is 14.2 Å². The summed E-state index contributed by atoms with van der Waals surface area (Å²) >= 11 is 11.8. The second-order valence-electron chi connectivity index (χ2n) is 4.62. The molecule has 22 heavy (non-hydrogen) atoms. The molecule has 0 heterocycles. The smallest absolute Gasteiger partial charge is 0.255 e. The number of carbonyl (C=O) groups is 1. The van der Waals surface area contributed by atoms with E-state index >= 15 is 0 Å². The lowest BCUT2D eigenvalue weighted by Gasteiger charge is -2.13. The molecule has 6 heteroatoms. The van der Waals surface area contributed by atoms with Gasteiger partial charge in [0.1, 0.15) is 11.5 Å². The van der Waals surface area contributed by atoms with E-state index in [1.54, 1.807) is 44.6 Å². The Labute approximate surface area is 138 Å². The van der Waals surface area contributed by atoms with E-state index in [0.29, 0.717) is 32.8 Å². The van der Waals surface area contributed by atoms with Crippen LogP contribution in [0.2, 0.25) is 10.0 Å². The van der Waals surface area contributed by atoms with Crippen LogP contribution in [0.15, 0.2) is 30.3 Å². The fourth-order valence-electron chi connectivity index (χ4n) is 2.05. The third-order valence-electron chi connectivity index (χ3n) is 3.13. The Morgan fingerprint density at radius 3 is 1.91 bits per heavy atom. The van der Waals surface area contributed by atoms with Crippen molar-refractivity contribution in [2.45, 2.75) is 6.92 Å². The van der Waals surface area contributed by atoms with Crippen molar-refractivity contribution < 1.29 is 14.3 Å². The first-order chi connectivity index (χ1) is 10.4. The quantitative estimate of drug-likeness (QED) is 0.887. The second kappa shape index (κ2) is 6.90. The van der Waals surface area contributed by atoms with Gasteiger partial charge in [0.2, 0.25) is 0 Å². The molecule has 0 aliphatic carbocycles. The maximum absolute atomic E-state index is 12.4. The fourth-order valence-corrected chi connectivity index (χ4v) is 2.57. The standard InChI is InChI=1S/C16H15Cl2NO3/c1-9-14(21-2)4-10(5-15(9)22-3)16(20)19-13-7-11(17)6-12(18)8-13/h4-8H,1-3H3,(H,19,20). The number of rotatable bonds is 4. The molecule has 2 aromatic rings. The van der Waals surface area contributed by atoms with Gasteiger partial charge in [-0.15, -0.1) is 0 Å².